The molecule has 0 aliphatic carbocycles. The Morgan fingerprint density at radius 1 is 1.26 bits per heavy atom. The van der Waals surface area contributed by atoms with Crippen LogP contribution in [0, 0.1) is 10.1 Å². The average molecular weight is 323 g/mol. The number of benzene rings is 1. The number of rotatable bonds is 10. The van der Waals surface area contributed by atoms with E-state index in [1.54, 1.807) is 30.3 Å². The molecule has 0 aliphatic rings. The number of ether oxygens (including phenoxy) is 2. The predicted molar refractivity (Wildman–Crippen MR) is 84.0 cm³/mol. The van der Waals surface area contributed by atoms with Gasteiger partial charge in [0, 0.05) is 13.2 Å². The predicted octanol–water partition coefficient (Wildman–Crippen LogP) is 1.48. The van der Waals surface area contributed by atoms with Crippen molar-refractivity contribution < 1.29 is 19.2 Å². The summed E-state index contributed by atoms with van der Waals surface area (Å²) < 4.78 is 10.6. The molecule has 1 rings (SSSR count). The van der Waals surface area contributed by atoms with Crippen molar-refractivity contribution in [3.63, 3.8) is 0 Å². The van der Waals surface area contributed by atoms with E-state index in [0.29, 0.717) is 18.8 Å². The zero-order valence-corrected chi connectivity index (χ0v) is 13.2. The summed E-state index contributed by atoms with van der Waals surface area (Å²) in [6.45, 7) is 4.79. The van der Waals surface area contributed by atoms with Gasteiger partial charge in [0.15, 0.2) is 6.29 Å². The molecule has 1 aromatic carbocycles. The van der Waals surface area contributed by atoms with Crippen LogP contribution in [-0.4, -0.2) is 36.9 Å². The summed E-state index contributed by atoms with van der Waals surface area (Å²) in [7, 11) is 0. The standard InChI is InChI=1S/C15H21N3O5/c1-3-22-14(23-4-2)11-16-10-13(18(20)21)17-15(19)12-8-6-5-7-9-12/h5-10,14,16H,3-4,11H2,1-2H3,(H,17,19)/b13-10-. The molecule has 0 unspecified atom stereocenters. The molecule has 0 fully saturated rings. The normalized spacial score (nSPS) is 11.3. The molecule has 8 nitrogen and oxygen atoms in total. The molecule has 8 heteroatoms. The molecule has 2 N–H and O–H groups in total. The van der Waals surface area contributed by atoms with Crippen LogP contribution >= 0.6 is 0 Å². The largest absolute Gasteiger partial charge is 0.379 e. The first kappa shape index (κ1) is 18.6. The molecule has 0 saturated heterocycles. The second-order valence-corrected chi connectivity index (χ2v) is 4.36. The lowest BCUT2D eigenvalue weighted by atomic mass is 10.2. The second-order valence-electron chi connectivity index (χ2n) is 4.36. The fourth-order valence-electron chi connectivity index (χ4n) is 1.70. The van der Waals surface area contributed by atoms with Crippen LogP contribution in [-0.2, 0) is 9.47 Å². The molecular weight excluding hydrogens is 302 g/mol. The third kappa shape index (κ3) is 6.90. The fraction of sp³-hybridized carbons (Fsp3) is 0.400. The summed E-state index contributed by atoms with van der Waals surface area (Å²) in [5.74, 6) is -1.01. The summed E-state index contributed by atoms with van der Waals surface area (Å²) in [5.41, 5.74) is 0.335. The lowest BCUT2D eigenvalue weighted by Crippen LogP contribution is -2.32. The van der Waals surface area contributed by atoms with Crippen molar-refractivity contribution in [2.45, 2.75) is 20.1 Å². The van der Waals surface area contributed by atoms with Gasteiger partial charge in [-0.25, -0.2) is 10.1 Å². The highest BCUT2D eigenvalue weighted by molar-refractivity contribution is 5.94. The van der Waals surface area contributed by atoms with Gasteiger partial charge >= 0.3 is 11.7 Å². The van der Waals surface area contributed by atoms with E-state index in [-0.39, 0.29) is 6.54 Å². The quantitative estimate of drug-likeness (QED) is 0.384. The van der Waals surface area contributed by atoms with Crippen molar-refractivity contribution in [1.82, 2.24) is 10.6 Å². The van der Waals surface area contributed by atoms with Gasteiger partial charge in [-0.15, -0.1) is 0 Å². The molecule has 126 valence electrons. The topological polar surface area (TPSA) is 103 Å². The van der Waals surface area contributed by atoms with Gasteiger partial charge in [-0.05, 0) is 30.9 Å². The van der Waals surface area contributed by atoms with E-state index in [2.05, 4.69) is 10.6 Å². The van der Waals surface area contributed by atoms with Gasteiger partial charge in [0.2, 0.25) is 0 Å². The second kappa shape index (κ2) is 10.3. The Kier molecular flexibility index (Phi) is 8.33. The Labute approximate surface area is 134 Å². The Morgan fingerprint density at radius 2 is 1.87 bits per heavy atom. The number of nitro groups is 1. The van der Waals surface area contributed by atoms with E-state index in [9.17, 15) is 14.9 Å². The molecule has 0 bridgehead atoms. The van der Waals surface area contributed by atoms with Crippen molar-refractivity contribution >= 4 is 5.91 Å². The van der Waals surface area contributed by atoms with Crippen LogP contribution in [0.4, 0.5) is 0 Å². The maximum absolute atomic E-state index is 11.9. The SMILES string of the molecule is CCOC(CN/C=C(/NC(=O)c1ccccc1)[N+](=O)[O-])OCC. The third-order valence-electron chi connectivity index (χ3n) is 2.70. The van der Waals surface area contributed by atoms with Crippen molar-refractivity contribution in [1.29, 1.82) is 0 Å². The van der Waals surface area contributed by atoms with Crippen LogP contribution < -0.4 is 10.6 Å². The summed E-state index contributed by atoms with van der Waals surface area (Å²) >= 11 is 0. The summed E-state index contributed by atoms with van der Waals surface area (Å²) in [6.07, 6.45) is 0.602. The number of nitrogens with zero attached hydrogens (tertiary/aromatic N) is 1. The molecule has 0 aromatic heterocycles. The van der Waals surface area contributed by atoms with Gasteiger partial charge in [0.1, 0.15) is 0 Å². The Hall–Kier alpha value is -2.45. The summed E-state index contributed by atoms with van der Waals surface area (Å²) in [6, 6.07) is 8.25. The van der Waals surface area contributed by atoms with Crippen LogP contribution in [0.25, 0.3) is 0 Å². The Bertz CT molecular complexity index is 527. The van der Waals surface area contributed by atoms with Crippen LogP contribution in [0.3, 0.4) is 0 Å². The van der Waals surface area contributed by atoms with E-state index in [1.165, 1.54) is 0 Å². The molecule has 0 atom stereocenters. The van der Waals surface area contributed by atoms with Crippen LogP contribution in [0.5, 0.6) is 0 Å². The molecule has 1 aromatic rings. The van der Waals surface area contributed by atoms with Crippen molar-refractivity contribution in [3.05, 3.63) is 58.0 Å². The molecule has 0 heterocycles. The number of hydrogen-bond donors (Lipinski definition) is 2. The average Bonchev–Trinajstić information content (AvgIpc) is 2.54. The van der Waals surface area contributed by atoms with E-state index in [4.69, 9.17) is 9.47 Å². The highest BCUT2D eigenvalue weighted by Crippen LogP contribution is 2.00. The van der Waals surface area contributed by atoms with E-state index in [1.807, 2.05) is 13.8 Å². The molecule has 0 saturated carbocycles. The first-order valence-electron chi connectivity index (χ1n) is 7.26. The van der Waals surface area contributed by atoms with Gasteiger partial charge in [-0.2, -0.15) is 0 Å². The number of amides is 1. The first-order chi connectivity index (χ1) is 11.1. The molecule has 0 aliphatic heterocycles. The number of nitrogens with one attached hydrogen (secondary N) is 2. The highest BCUT2D eigenvalue weighted by Gasteiger charge is 2.17. The number of carbonyl (C=O) groups excluding carboxylic acids is 1. The number of hydrogen-bond acceptors (Lipinski definition) is 6. The maximum Gasteiger partial charge on any atom is 0.339 e. The molecule has 0 spiro atoms. The van der Waals surface area contributed by atoms with Gasteiger partial charge in [0.05, 0.1) is 18.3 Å². The molecule has 23 heavy (non-hydrogen) atoms. The van der Waals surface area contributed by atoms with Crippen molar-refractivity contribution in [2.24, 2.45) is 0 Å². The van der Waals surface area contributed by atoms with Crippen LogP contribution in [0.1, 0.15) is 24.2 Å². The first-order valence-corrected chi connectivity index (χ1v) is 7.26. The van der Waals surface area contributed by atoms with E-state index >= 15 is 0 Å². The fourth-order valence-corrected chi connectivity index (χ4v) is 1.70. The van der Waals surface area contributed by atoms with E-state index < -0.39 is 22.9 Å². The smallest absolute Gasteiger partial charge is 0.339 e. The van der Waals surface area contributed by atoms with Gasteiger partial charge in [-0.3, -0.25) is 0 Å². The van der Waals surface area contributed by atoms with Crippen LogP contribution in [0.2, 0.25) is 0 Å². The zero-order valence-electron chi connectivity index (χ0n) is 13.2. The van der Waals surface area contributed by atoms with Gasteiger partial charge in [0.25, 0.3) is 0 Å². The Balaban J connectivity index is 2.63. The van der Waals surface area contributed by atoms with Crippen molar-refractivity contribution in [3.8, 4) is 0 Å². The minimum atomic E-state index is -0.676. The van der Waals surface area contributed by atoms with Gasteiger partial charge in [-0.1, -0.05) is 18.2 Å². The zero-order chi connectivity index (χ0) is 17.1. The maximum atomic E-state index is 11.9. The monoisotopic (exact) mass is 323 g/mol. The van der Waals surface area contributed by atoms with Crippen molar-refractivity contribution in [2.75, 3.05) is 19.8 Å². The minimum Gasteiger partial charge on any atom is -0.379 e. The lowest BCUT2D eigenvalue weighted by Gasteiger charge is -2.16. The lowest BCUT2D eigenvalue weighted by molar-refractivity contribution is -0.430. The molecular formula is C15H21N3O5. The Morgan fingerprint density at radius 3 is 2.39 bits per heavy atom. The third-order valence-corrected chi connectivity index (χ3v) is 2.70. The minimum absolute atomic E-state index is 0.222. The summed E-state index contributed by atoms with van der Waals surface area (Å²) in [5, 5.41) is 16.0. The van der Waals surface area contributed by atoms with Gasteiger partial charge < -0.3 is 24.9 Å². The molecule has 1 amide bonds. The van der Waals surface area contributed by atoms with Crippen LogP contribution in [0.15, 0.2) is 42.4 Å². The summed E-state index contributed by atoms with van der Waals surface area (Å²) in [4.78, 5) is 22.3. The number of carbonyl (C=O) groups is 1. The van der Waals surface area contributed by atoms with E-state index in [0.717, 1.165) is 6.20 Å². The highest BCUT2D eigenvalue weighted by atomic mass is 16.7. The molecule has 0 radical (unpaired) electrons.